The summed E-state index contributed by atoms with van der Waals surface area (Å²) in [5, 5.41) is 2.86. The summed E-state index contributed by atoms with van der Waals surface area (Å²) in [5.74, 6) is 1.97. The van der Waals surface area contributed by atoms with Crippen LogP contribution in [-0.4, -0.2) is 40.9 Å². The molecule has 2 aromatic carbocycles. The molecule has 26 heavy (non-hydrogen) atoms. The second kappa shape index (κ2) is 8.84. The number of benzene rings is 2. The Kier molecular flexibility index (Phi) is 6.54. The van der Waals surface area contributed by atoms with E-state index in [-0.39, 0.29) is 5.91 Å². The van der Waals surface area contributed by atoms with E-state index in [9.17, 15) is 4.79 Å². The molecule has 0 aromatic heterocycles. The number of anilines is 1. The van der Waals surface area contributed by atoms with Crippen LogP contribution in [0.15, 0.2) is 30.3 Å². The molecule has 0 heterocycles. The maximum Gasteiger partial charge on any atom is 0.253 e. The van der Waals surface area contributed by atoms with Crippen molar-refractivity contribution in [2.24, 2.45) is 0 Å². The zero-order valence-corrected chi connectivity index (χ0v) is 15.4. The molecule has 0 aliphatic heterocycles. The second-order valence-corrected chi connectivity index (χ2v) is 5.49. The molecule has 7 nitrogen and oxygen atoms in total. The summed E-state index contributed by atoms with van der Waals surface area (Å²) < 4.78 is 20.9. The van der Waals surface area contributed by atoms with Gasteiger partial charge >= 0.3 is 0 Å². The molecule has 0 aliphatic rings. The number of hydrogen-bond acceptors (Lipinski definition) is 6. The molecule has 0 fully saturated rings. The summed E-state index contributed by atoms with van der Waals surface area (Å²) >= 11 is 0. The Morgan fingerprint density at radius 3 is 2.08 bits per heavy atom. The largest absolute Gasteiger partial charge is 0.493 e. The summed E-state index contributed by atoms with van der Waals surface area (Å²) in [6.07, 6.45) is 0.638. The smallest absolute Gasteiger partial charge is 0.253 e. The van der Waals surface area contributed by atoms with Crippen molar-refractivity contribution < 1.29 is 23.7 Å². The molecule has 0 atom stereocenters. The Labute approximate surface area is 153 Å². The monoisotopic (exact) mass is 360 g/mol. The van der Waals surface area contributed by atoms with Crippen LogP contribution >= 0.6 is 0 Å². The minimum Gasteiger partial charge on any atom is -0.493 e. The Morgan fingerprint density at radius 2 is 1.46 bits per heavy atom. The van der Waals surface area contributed by atoms with Crippen molar-refractivity contribution in [2.75, 3.05) is 40.7 Å². The maximum absolute atomic E-state index is 12.4. The fourth-order valence-corrected chi connectivity index (χ4v) is 2.54. The lowest BCUT2D eigenvalue weighted by Gasteiger charge is -2.13. The Morgan fingerprint density at radius 1 is 0.885 bits per heavy atom. The van der Waals surface area contributed by atoms with E-state index in [0.29, 0.717) is 47.2 Å². The summed E-state index contributed by atoms with van der Waals surface area (Å²) in [5.41, 5.74) is 7.63. The van der Waals surface area contributed by atoms with E-state index in [2.05, 4.69) is 5.32 Å². The van der Waals surface area contributed by atoms with Crippen molar-refractivity contribution in [1.82, 2.24) is 5.32 Å². The van der Waals surface area contributed by atoms with Gasteiger partial charge < -0.3 is 30.0 Å². The summed E-state index contributed by atoms with van der Waals surface area (Å²) in [6.45, 7) is 0.447. The van der Waals surface area contributed by atoms with Crippen molar-refractivity contribution in [1.29, 1.82) is 0 Å². The first kappa shape index (κ1) is 19.2. The zero-order valence-electron chi connectivity index (χ0n) is 15.4. The van der Waals surface area contributed by atoms with E-state index >= 15 is 0 Å². The van der Waals surface area contributed by atoms with E-state index in [1.54, 1.807) is 26.4 Å². The number of carbonyl (C=O) groups is 1. The third-order valence-corrected chi connectivity index (χ3v) is 3.95. The summed E-state index contributed by atoms with van der Waals surface area (Å²) in [6, 6.07) is 8.79. The number of hydrogen-bond donors (Lipinski definition) is 2. The molecule has 7 heteroatoms. The normalized spacial score (nSPS) is 10.2. The summed E-state index contributed by atoms with van der Waals surface area (Å²) in [4.78, 5) is 12.4. The van der Waals surface area contributed by atoms with Crippen molar-refractivity contribution in [3.63, 3.8) is 0 Å². The number of ether oxygens (including phenoxy) is 4. The fourth-order valence-electron chi connectivity index (χ4n) is 2.54. The number of carbonyl (C=O) groups excluding carboxylic acids is 1. The van der Waals surface area contributed by atoms with E-state index in [1.807, 2.05) is 18.2 Å². The van der Waals surface area contributed by atoms with Crippen LogP contribution < -0.4 is 30.0 Å². The van der Waals surface area contributed by atoms with Crippen molar-refractivity contribution in [3.05, 3.63) is 41.5 Å². The SMILES string of the molecule is COc1ccc(CCNC(=O)c2cc(OC)c(OC)cc2N)cc1OC. The summed E-state index contributed by atoms with van der Waals surface area (Å²) in [7, 11) is 6.20. The first-order chi connectivity index (χ1) is 12.5. The molecule has 140 valence electrons. The molecule has 1 amide bonds. The van der Waals surface area contributed by atoms with Gasteiger partial charge in [-0.1, -0.05) is 6.07 Å². The highest BCUT2D eigenvalue weighted by molar-refractivity contribution is 6.00. The zero-order chi connectivity index (χ0) is 19.1. The standard InChI is InChI=1S/C19H24N2O5/c1-23-15-6-5-12(9-16(15)24-2)7-8-21-19(22)13-10-17(25-3)18(26-4)11-14(13)20/h5-6,9-11H,7-8,20H2,1-4H3,(H,21,22). The third kappa shape index (κ3) is 4.30. The van der Waals surface area contributed by atoms with Crippen molar-refractivity contribution >= 4 is 11.6 Å². The third-order valence-electron chi connectivity index (χ3n) is 3.95. The van der Waals surface area contributed by atoms with Gasteiger partial charge in [-0.15, -0.1) is 0 Å². The van der Waals surface area contributed by atoms with Crippen molar-refractivity contribution in [2.45, 2.75) is 6.42 Å². The van der Waals surface area contributed by atoms with Gasteiger partial charge in [-0.25, -0.2) is 0 Å². The van der Waals surface area contributed by atoms with Gasteiger partial charge in [-0.05, 0) is 30.2 Å². The first-order valence-corrected chi connectivity index (χ1v) is 8.04. The predicted molar refractivity (Wildman–Crippen MR) is 99.5 cm³/mol. The first-order valence-electron chi connectivity index (χ1n) is 8.04. The second-order valence-electron chi connectivity index (χ2n) is 5.49. The highest BCUT2D eigenvalue weighted by Gasteiger charge is 2.15. The van der Waals surface area contributed by atoms with Crippen LogP contribution in [0.3, 0.4) is 0 Å². The van der Waals surface area contributed by atoms with Gasteiger partial charge in [0.2, 0.25) is 0 Å². The predicted octanol–water partition coefficient (Wildman–Crippen LogP) is 2.28. The van der Waals surface area contributed by atoms with Crippen LogP contribution in [0.25, 0.3) is 0 Å². The Balaban J connectivity index is 2.03. The minimum absolute atomic E-state index is 0.274. The van der Waals surface area contributed by atoms with E-state index < -0.39 is 0 Å². The van der Waals surface area contributed by atoms with Crippen LogP contribution in [0.1, 0.15) is 15.9 Å². The maximum atomic E-state index is 12.4. The van der Waals surface area contributed by atoms with Crippen LogP contribution in [0.4, 0.5) is 5.69 Å². The molecule has 3 N–H and O–H groups in total. The molecule has 2 aromatic rings. The molecular formula is C19H24N2O5. The van der Waals surface area contributed by atoms with E-state index in [0.717, 1.165) is 5.56 Å². The average molecular weight is 360 g/mol. The van der Waals surface area contributed by atoms with Gasteiger partial charge in [0.15, 0.2) is 23.0 Å². The lowest BCUT2D eigenvalue weighted by molar-refractivity contribution is 0.0954. The molecule has 0 spiro atoms. The highest BCUT2D eigenvalue weighted by atomic mass is 16.5. The Hall–Kier alpha value is -3.09. The van der Waals surface area contributed by atoms with Gasteiger partial charge in [0.05, 0.1) is 34.0 Å². The number of nitrogen functional groups attached to an aromatic ring is 1. The molecule has 0 bridgehead atoms. The molecule has 0 saturated carbocycles. The van der Waals surface area contributed by atoms with Gasteiger partial charge in [0.25, 0.3) is 5.91 Å². The van der Waals surface area contributed by atoms with E-state index in [1.165, 1.54) is 14.2 Å². The molecule has 0 unspecified atom stereocenters. The minimum atomic E-state index is -0.274. The Bertz CT molecular complexity index is 777. The molecule has 0 saturated heterocycles. The average Bonchev–Trinajstić information content (AvgIpc) is 2.67. The van der Waals surface area contributed by atoms with E-state index in [4.69, 9.17) is 24.7 Å². The van der Waals surface area contributed by atoms with Gasteiger partial charge in [-0.2, -0.15) is 0 Å². The quantitative estimate of drug-likeness (QED) is 0.702. The number of amides is 1. The topological polar surface area (TPSA) is 92.0 Å². The number of rotatable bonds is 8. The van der Waals surface area contributed by atoms with Gasteiger partial charge in [-0.3, -0.25) is 4.79 Å². The van der Waals surface area contributed by atoms with Crippen LogP contribution in [0.2, 0.25) is 0 Å². The lowest BCUT2D eigenvalue weighted by atomic mass is 10.1. The van der Waals surface area contributed by atoms with Gasteiger partial charge in [0, 0.05) is 18.3 Å². The van der Waals surface area contributed by atoms with Crippen LogP contribution in [-0.2, 0) is 6.42 Å². The van der Waals surface area contributed by atoms with Crippen LogP contribution in [0, 0.1) is 0 Å². The fraction of sp³-hybridized carbons (Fsp3) is 0.316. The van der Waals surface area contributed by atoms with Gasteiger partial charge in [0.1, 0.15) is 0 Å². The highest BCUT2D eigenvalue weighted by Crippen LogP contribution is 2.32. The number of methoxy groups -OCH3 is 4. The van der Waals surface area contributed by atoms with Crippen molar-refractivity contribution in [3.8, 4) is 23.0 Å². The molecule has 2 rings (SSSR count). The number of nitrogens with two attached hydrogens (primary N) is 1. The number of nitrogens with one attached hydrogen (secondary N) is 1. The molecular weight excluding hydrogens is 336 g/mol. The van der Waals surface area contributed by atoms with Crippen LogP contribution in [0.5, 0.6) is 23.0 Å². The molecule has 0 radical (unpaired) electrons. The lowest BCUT2D eigenvalue weighted by Crippen LogP contribution is -2.26. The molecule has 0 aliphatic carbocycles.